The van der Waals surface area contributed by atoms with Crippen LogP contribution in [0.25, 0.3) is 11.1 Å². The zero-order valence-corrected chi connectivity index (χ0v) is 16.3. The Labute approximate surface area is 170 Å². The van der Waals surface area contributed by atoms with Crippen molar-refractivity contribution in [2.45, 2.75) is 49.9 Å². The average Bonchev–Trinajstić information content (AvgIpc) is 3.28. The van der Waals surface area contributed by atoms with Crippen molar-refractivity contribution in [3.63, 3.8) is 0 Å². The minimum Gasteiger partial charge on any atom is -0.448 e. The molecule has 1 aliphatic heterocycles. The molecule has 150 valence electrons. The number of fused-ring (bicyclic) bond motifs is 3. The summed E-state index contributed by atoms with van der Waals surface area (Å²) in [7, 11) is 0. The van der Waals surface area contributed by atoms with Gasteiger partial charge >= 0.3 is 6.09 Å². The highest BCUT2D eigenvalue weighted by atomic mass is 16.6. The summed E-state index contributed by atoms with van der Waals surface area (Å²) in [6, 6.07) is 16.1. The standard InChI is InChI=1S/C24H25NO4/c26-14-16-12-18(29-17-6-5-7-17)13-25(16)24(27)28-15-23-21-10-3-1-8-19(21)20-9-2-4-11-22(20)23/h1-4,8-11,14,16-18,23H,5-7,12-13,15H2/t16-,18+/m0/s1. The lowest BCUT2D eigenvalue weighted by Gasteiger charge is -2.28. The van der Waals surface area contributed by atoms with Crippen LogP contribution in [-0.4, -0.2) is 48.7 Å². The third-order valence-electron chi connectivity index (χ3n) is 6.47. The maximum Gasteiger partial charge on any atom is 0.410 e. The van der Waals surface area contributed by atoms with Gasteiger partial charge in [-0.3, -0.25) is 4.90 Å². The number of aldehydes is 1. The van der Waals surface area contributed by atoms with Gasteiger partial charge in [0, 0.05) is 12.3 Å². The number of rotatable bonds is 5. The summed E-state index contributed by atoms with van der Waals surface area (Å²) >= 11 is 0. The van der Waals surface area contributed by atoms with Gasteiger partial charge in [0.15, 0.2) is 0 Å². The maximum absolute atomic E-state index is 12.8. The fourth-order valence-corrected chi connectivity index (χ4v) is 4.72. The van der Waals surface area contributed by atoms with E-state index in [9.17, 15) is 9.59 Å². The van der Waals surface area contributed by atoms with Crippen molar-refractivity contribution in [1.29, 1.82) is 0 Å². The molecule has 3 aliphatic rings. The zero-order chi connectivity index (χ0) is 19.8. The molecule has 2 aromatic carbocycles. The van der Waals surface area contributed by atoms with Gasteiger partial charge in [-0.15, -0.1) is 0 Å². The summed E-state index contributed by atoms with van der Waals surface area (Å²) in [6.07, 6.45) is 4.54. The van der Waals surface area contributed by atoms with E-state index in [-0.39, 0.29) is 24.7 Å². The summed E-state index contributed by atoms with van der Waals surface area (Å²) in [5.41, 5.74) is 4.76. The van der Waals surface area contributed by atoms with Gasteiger partial charge in [0.2, 0.25) is 0 Å². The van der Waals surface area contributed by atoms with Crippen molar-refractivity contribution in [2.24, 2.45) is 0 Å². The smallest absolute Gasteiger partial charge is 0.410 e. The fraction of sp³-hybridized carbons (Fsp3) is 0.417. The van der Waals surface area contributed by atoms with Gasteiger partial charge in [-0.05, 0) is 41.5 Å². The number of carbonyl (C=O) groups excluding carboxylic acids is 2. The Bertz CT molecular complexity index is 877. The van der Waals surface area contributed by atoms with Crippen LogP contribution in [0.2, 0.25) is 0 Å². The van der Waals surface area contributed by atoms with Gasteiger partial charge in [0.25, 0.3) is 0 Å². The lowest BCUT2D eigenvalue weighted by atomic mass is 9.96. The van der Waals surface area contributed by atoms with Gasteiger partial charge in [-0.2, -0.15) is 0 Å². The van der Waals surface area contributed by atoms with E-state index >= 15 is 0 Å². The third-order valence-corrected chi connectivity index (χ3v) is 6.47. The van der Waals surface area contributed by atoms with Gasteiger partial charge in [0.1, 0.15) is 12.9 Å². The molecule has 2 aromatic rings. The van der Waals surface area contributed by atoms with Crippen molar-refractivity contribution in [2.75, 3.05) is 13.2 Å². The molecule has 5 heteroatoms. The SMILES string of the molecule is O=C[C@@H]1C[C@@H](OC2CCC2)CN1C(=O)OCC1c2ccccc2-c2ccccc21. The molecular formula is C24H25NO4. The normalized spacial score (nSPS) is 23.4. The maximum atomic E-state index is 12.8. The molecule has 29 heavy (non-hydrogen) atoms. The summed E-state index contributed by atoms with van der Waals surface area (Å²) in [4.78, 5) is 25.8. The van der Waals surface area contributed by atoms with Crippen LogP contribution in [0.5, 0.6) is 0 Å². The Morgan fingerprint density at radius 3 is 2.24 bits per heavy atom. The largest absolute Gasteiger partial charge is 0.448 e. The third kappa shape index (κ3) is 3.33. The Balaban J connectivity index is 1.27. The van der Waals surface area contributed by atoms with Crippen molar-refractivity contribution < 1.29 is 19.1 Å². The molecule has 1 heterocycles. The van der Waals surface area contributed by atoms with E-state index < -0.39 is 12.1 Å². The van der Waals surface area contributed by atoms with Gasteiger partial charge in [0.05, 0.1) is 24.8 Å². The van der Waals surface area contributed by atoms with Crippen molar-refractivity contribution in [3.05, 3.63) is 59.7 Å². The Morgan fingerprint density at radius 2 is 1.66 bits per heavy atom. The van der Waals surface area contributed by atoms with Crippen molar-refractivity contribution >= 4 is 12.4 Å². The Kier molecular flexibility index (Phi) is 4.84. The molecule has 0 bridgehead atoms. The van der Waals surface area contributed by atoms with Crippen LogP contribution in [0.4, 0.5) is 4.79 Å². The molecule has 5 rings (SSSR count). The molecule has 0 N–H and O–H groups in total. The minimum absolute atomic E-state index is 0.0191. The Morgan fingerprint density at radius 1 is 1.00 bits per heavy atom. The molecule has 0 radical (unpaired) electrons. The van der Waals surface area contributed by atoms with Gasteiger partial charge in [-0.1, -0.05) is 48.5 Å². The number of ether oxygens (including phenoxy) is 2. The molecule has 0 aromatic heterocycles. The molecule has 2 atom stereocenters. The number of benzene rings is 2. The number of hydrogen-bond acceptors (Lipinski definition) is 4. The average molecular weight is 391 g/mol. The molecule has 0 spiro atoms. The fourth-order valence-electron chi connectivity index (χ4n) is 4.72. The highest BCUT2D eigenvalue weighted by Crippen LogP contribution is 2.44. The van der Waals surface area contributed by atoms with E-state index in [0.717, 1.165) is 19.1 Å². The zero-order valence-electron chi connectivity index (χ0n) is 16.3. The molecule has 0 unspecified atom stereocenters. The highest BCUT2D eigenvalue weighted by molar-refractivity contribution is 5.79. The minimum atomic E-state index is -0.462. The Hall–Kier alpha value is -2.66. The molecular weight excluding hydrogens is 366 g/mol. The second-order valence-corrected chi connectivity index (χ2v) is 8.21. The van der Waals surface area contributed by atoms with E-state index in [1.54, 1.807) is 0 Å². The van der Waals surface area contributed by atoms with Crippen LogP contribution < -0.4 is 0 Å². The van der Waals surface area contributed by atoms with Crippen molar-refractivity contribution in [1.82, 2.24) is 4.90 Å². The summed E-state index contributed by atoms with van der Waals surface area (Å²) in [5, 5.41) is 0. The second kappa shape index (κ2) is 7.64. The number of nitrogens with zero attached hydrogens (tertiary/aromatic N) is 1. The predicted octanol–water partition coefficient (Wildman–Crippen LogP) is 4.15. The number of likely N-dealkylation sites (tertiary alicyclic amines) is 1. The van der Waals surface area contributed by atoms with Crippen LogP contribution >= 0.6 is 0 Å². The lowest BCUT2D eigenvalue weighted by molar-refractivity contribution is -0.111. The van der Waals surface area contributed by atoms with E-state index in [0.29, 0.717) is 13.0 Å². The highest BCUT2D eigenvalue weighted by Gasteiger charge is 2.39. The predicted molar refractivity (Wildman–Crippen MR) is 109 cm³/mol. The quantitative estimate of drug-likeness (QED) is 0.719. The molecule has 2 fully saturated rings. The first kappa shape index (κ1) is 18.4. The van der Waals surface area contributed by atoms with E-state index in [1.165, 1.54) is 33.6 Å². The number of amides is 1. The van der Waals surface area contributed by atoms with Crippen LogP contribution in [0.15, 0.2) is 48.5 Å². The molecule has 1 saturated carbocycles. The first-order chi connectivity index (χ1) is 14.2. The molecule has 5 nitrogen and oxygen atoms in total. The van der Waals surface area contributed by atoms with Gasteiger partial charge in [-0.25, -0.2) is 4.79 Å². The monoisotopic (exact) mass is 391 g/mol. The number of carbonyl (C=O) groups is 2. The molecule has 2 aliphatic carbocycles. The first-order valence-corrected chi connectivity index (χ1v) is 10.5. The van der Waals surface area contributed by atoms with E-state index in [4.69, 9.17) is 9.47 Å². The topological polar surface area (TPSA) is 55.8 Å². The lowest BCUT2D eigenvalue weighted by Crippen LogP contribution is -2.38. The van der Waals surface area contributed by atoms with Crippen LogP contribution in [0, 0.1) is 0 Å². The summed E-state index contributed by atoms with van der Waals surface area (Å²) < 4.78 is 11.7. The van der Waals surface area contributed by atoms with E-state index in [2.05, 4.69) is 24.3 Å². The van der Waals surface area contributed by atoms with Gasteiger partial charge < -0.3 is 14.3 Å². The van der Waals surface area contributed by atoms with Crippen molar-refractivity contribution in [3.8, 4) is 11.1 Å². The van der Waals surface area contributed by atoms with Crippen LogP contribution in [0.1, 0.15) is 42.7 Å². The summed E-state index contributed by atoms with van der Waals surface area (Å²) in [5.74, 6) is 0.0191. The molecule has 1 saturated heterocycles. The van der Waals surface area contributed by atoms with E-state index in [1.807, 2.05) is 24.3 Å². The first-order valence-electron chi connectivity index (χ1n) is 10.5. The second-order valence-electron chi connectivity index (χ2n) is 8.21. The number of hydrogen-bond donors (Lipinski definition) is 0. The molecule has 1 amide bonds. The summed E-state index contributed by atoms with van der Waals surface area (Å²) in [6.45, 7) is 0.694. The van der Waals surface area contributed by atoms with Crippen LogP contribution in [0.3, 0.4) is 0 Å². The van der Waals surface area contributed by atoms with Crippen LogP contribution in [-0.2, 0) is 14.3 Å².